The number of hydrogen-bond acceptors (Lipinski definition) is 5. The summed E-state index contributed by atoms with van der Waals surface area (Å²) in [4.78, 5) is 0. The molecule has 0 N–H and O–H groups in total. The van der Waals surface area contributed by atoms with E-state index < -0.39 is 15.9 Å². The van der Waals surface area contributed by atoms with Crippen LogP contribution in [0.1, 0.15) is 5.69 Å². The molecule has 1 aromatic carbocycles. The highest BCUT2D eigenvalue weighted by Gasteiger charge is 2.13. The van der Waals surface area contributed by atoms with Gasteiger partial charge in [0.25, 0.3) is 10.1 Å². The SMILES string of the molecule is CS(=O)(=O)OCc1cc(-c2cc(Cl)ccc2F)on1. The average molecular weight is 306 g/mol. The highest BCUT2D eigenvalue weighted by Crippen LogP contribution is 2.26. The molecule has 2 rings (SSSR count). The molecule has 5 nitrogen and oxygen atoms in total. The van der Waals surface area contributed by atoms with E-state index in [1.54, 1.807) is 0 Å². The summed E-state index contributed by atoms with van der Waals surface area (Å²) in [5, 5.41) is 3.94. The first-order chi connectivity index (χ1) is 8.85. The quantitative estimate of drug-likeness (QED) is 0.812. The van der Waals surface area contributed by atoms with Crippen LogP contribution >= 0.6 is 11.6 Å². The Bertz CT molecular complexity index is 698. The average Bonchev–Trinajstić information content (AvgIpc) is 2.77. The van der Waals surface area contributed by atoms with Gasteiger partial charge in [0.1, 0.15) is 18.1 Å². The van der Waals surface area contributed by atoms with E-state index in [0.717, 1.165) is 6.26 Å². The van der Waals surface area contributed by atoms with Gasteiger partial charge in [-0.15, -0.1) is 0 Å². The molecule has 2 aromatic rings. The summed E-state index contributed by atoms with van der Waals surface area (Å²) in [6.07, 6.45) is 0.921. The molecule has 0 fully saturated rings. The molecule has 102 valence electrons. The Hall–Kier alpha value is -1.44. The second-order valence-corrected chi connectivity index (χ2v) is 5.85. The maximum Gasteiger partial charge on any atom is 0.264 e. The topological polar surface area (TPSA) is 69.4 Å². The van der Waals surface area contributed by atoms with E-state index in [0.29, 0.717) is 5.02 Å². The van der Waals surface area contributed by atoms with Crippen LogP contribution in [-0.4, -0.2) is 19.8 Å². The molecule has 0 bridgehead atoms. The minimum atomic E-state index is -3.57. The van der Waals surface area contributed by atoms with Gasteiger partial charge in [-0.2, -0.15) is 8.42 Å². The van der Waals surface area contributed by atoms with Crippen LogP contribution in [0.15, 0.2) is 28.8 Å². The summed E-state index contributed by atoms with van der Waals surface area (Å²) in [6.45, 7) is -0.273. The maximum absolute atomic E-state index is 13.6. The van der Waals surface area contributed by atoms with Gasteiger partial charge < -0.3 is 4.52 Å². The zero-order valence-corrected chi connectivity index (χ0v) is 11.3. The van der Waals surface area contributed by atoms with Crippen molar-refractivity contribution in [2.24, 2.45) is 0 Å². The third-order valence-corrected chi connectivity index (χ3v) is 2.95. The molecule has 0 aliphatic carbocycles. The highest BCUT2D eigenvalue weighted by atomic mass is 35.5. The van der Waals surface area contributed by atoms with Gasteiger partial charge in [0.15, 0.2) is 5.76 Å². The monoisotopic (exact) mass is 305 g/mol. The van der Waals surface area contributed by atoms with Crippen molar-refractivity contribution < 1.29 is 21.5 Å². The van der Waals surface area contributed by atoms with Gasteiger partial charge in [0.05, 0.1) is 11.8 Å². The van der Waals surface area contributed by atoms with Crippen LogP contribution in [0.5, 0.6) is 0 Å². The molecular formula is C11H9ClFNO4S. The molecular weight excluding hydrogens is 297 g/mol. The molecule has 0 aliphatic rings. The Labute approximate surface area is 114 Å². The molecule has 0 radical (unpaired) electrons. The van der Waals surface area contributed by atoms with Crippen LogP contribution in [0.4, 0.5) is 4.39 Å². The van der Waals surface area contributed by atoms with E-state index in [9.17, 15) is 12.8 Å². The third kappa shape index (κ3) is 3.76. The van der Waals surface area contributed by atoms with Gasteiger partial charge >= 0.3 is 0 Å². The Morgan fingerprint density at radius 2 is 2.16 bits per heavy atom. The second kappa shape index (κ2) is 5.28. The Kier molecular flexibility index (Phi) is 3.88. The molecule has 0 unspecified atom stereocenters. The molecule has 0 atom stereocenters. The predicted octanol–water partition coefficient (Wildman–Crippen LogP) is 2.61. The fourth-order valence-corrected chi connectivity index (χ4v) is 1.87. The summed E-state index contributed by atoms with van der Waals surface area (Å²) in [6, 6.07) is 5.38. The van der Waals surface area contributed by atoms with Gasteiger partial charge in [0, 0.05) is 11.1 Å². The first kappa shape index (κ1) is 14.0. The van der Waals surface area contributed by atoms with Gasteiger partial charge in [-0.05, 0) is 18.2 Å². The van der Waals surface area contributed by atoms with Crippen LogP contribution < -0.4 is 0 Å². The van der Waals surface area contributed by atoms with Crippen LogP contribution in [-0.2, 0) is 20.9 Å². The fourth-order valence-electron chi connectivity index (χ4n) is 1.36. The van der Waals surface area contributed by atoms with Crippen LogP contribution in [0.3, 0.4) is 0 Å². The van der Waals surface area contributed by atoms with Crippen molar-refractivity contribution in [3.63, 3.8) is 0 Å². The van der Waals surface area contributed by atoms with E-state index >= 15 is 0 Å². The summed E-state index contributed by atoms with van der Waals surface area (Å²) in [5.41, 5.74) is 0.380. The maximum atomic E-state index is 13.6. The van der Waals surface area contributed by atoms with Crippen LogP contribution in [0.2, 0.25) is 5.02 Å². The lowest BCUT2D eigenvalue weighted by Crippen LogP contribution is -2.02. The van der Waals surface area contributed by atoms with Gasteiger partial charge in [0.2, 0.25) is 0 Å². The fraction of sp³-hybridized carbons (Fsp3) is 0.182. The number of halogens is 2. The Morgan fingerprint density at radius 1 is 1.42 bits per heavy atom. The molecule has 19 heavy (non-hydrogen) atoms. The van der Waals surface area contributed by atoms with Gasteiger partial charge in [-0.25, -0.2) is 4.39 Å². The number of rotatable bonds is 4. The van der Waals surface area contributed by atoms with Crippen molar-refractivity contribution in [3.8, 4) is 11.3 Å². The van der Waals surface area contributed by atoms with Gasteiger partial charge in [-0.3, -0.25) is 4.18 Å². The van der Waals surface area contributed by atoms with Crippen molar-refractivity contribution in [1.82, 2.24) is 5.16 Å². The lowest BCUT2D eigenvalue weighted by molar-refractivity contribution is 0.296. The van der Waals surface area contributed by atoms with Crippen LogP contribution in [0.25, 0.3) is 11.3 Å². The van der Waals surface area contributed by atoms with E-state index in [2.05, 4.69) is 9.34 Å². The third-order valence-electron chi connectivity index (χ3n) is 2.17. The van der Waals surface area contributed by atoms with Crippen molar-refractivity contribution in [2.75, 3.05) is 6.26 Å². The zero-order valence-electron chi connectivity index (χ0n) is 9.76. The van der Waals surface area contributed by atoms with E-state index in [1.165, 1.54) is 24.3 Å². The zero-order chi connectivity index (χ0) is 14.0. The molecule has 0 aliphatic heterocycles. The van der Waals surface area contributed by atoms with Gasteiger partial charge in [-0.1, -0.05) is 16.8 Å². The first-order valence-electron chi connectivity index (χ1n) is 5.10. The summed E-state index contributed by atoms with van der Waals surface area (Å²) in [7, 11) is -3.57. The summed E-state index contributed by atoms with van der Waals surface area (Å²) in [5.74, 6) is -0.372. The van der Waals surface area contributed by atoms with Crippen molar-refractivity contribution in [2.45, 2.75) is 6.61 Å². The number of nitrogens with zero attached hydrogens (tertiary/aromatic N) is 1. The molecule has 0 saturated carbocycles. The molecule has 1 heterocycles. The molecule has 0 amide bonds. The summed E-state index contributed by atoms with van der Waals surface area (Å²) >= 11 is 5.76. The van der Waals surface area contributed by atoms with Crippen molar-refractivity contribution in [3.05, 3.63) is 40.8 Å². The largest absolute Gasteiger partial charge is 0.356 e. The molecule has 0 spiro atoms. The highest BCUT2D eigenvalue weighted by molar-refractivity contribution is 7.85. The second-order valence-electron chi connectivity index (χ2n) is 3.77. The van der Waals surface area contributed by atoms with Crippen molar-refractivity contribution in [1.29, 1.82) is 0 Å². The normalized spacial score (nSPS) is 11.7. The molecule has 1 aromatic heterocycles. The van der Waals surface area contributed by atoms with Crippen LogP contribution in [0, 0.1) is 5.82 Å². The minimum absolute atomic E-state index is 0.144. The Balaban J connectivity index is 2.23. The Morgan fingerprint density at radius 3 is 2.84 bits per heavy atom. The number of aromatic nitrogens is 1. The van der Waals surface area contributed by atoms with Crippen molar-refractivity contribution >= 4 is 21.7 Å². The molecule has 8 heteroatoms. The van der Waals surface area contributed by atoms with E-state index in [4.69, 9.17) is 16.1 Å². The van der Waals surface area contributed by atoms with E-state index in [-0.39, 0.29) is 23.6 Å². The number of hydrogen-bond donors (Lipinski definition) is 0. The first-order valence-corrected chi connectivity index (χ1v) is 7.30. The lowest BCUT2D eigenvalue weighted by atomic mass is 10.1. The predicted molar refractivity (Wildman–Crippen MR) is 66.5 cm³/mol. The smallest absolute Gasteiger partial charge is 0.264 e. The summed E-state index contributed by atoms with van der Waals surface area (Å²) < 4.78 is 44.7. The lowest BCUT2D eigenvalue weighted by Gasteiger charge is -1.98. The standard InChI is InChI=1S/C11H9ClFNO4S/c1-19(15,16)17-6-8-5-11(18-14-8)9-4-7(12)2-3-10(9)13/h2-5H,6H2,1H3. The minimum Gasteiger partial charge on any atom is -0.356 e. The molecule has 0 saturated heterocycles. The number of benzene rings is 1. The van der Waals surface area contributed by atoms with E-state index in [1.807, 2.05) is 0 Å².